The average Bonchev–Trinajstić information content (AvgIpc) is 2.26. The molecular weight excluding hydrogens is 210 g/mol. The minimum atomic E-state index is -0.407. The number of hydrogen-bond acceptors (Lipinski definition) is 4. The van der Waals surface area contributed by atoms with Crippen LogP contribution in [0.3, 0.4) is 0 Å². The fourth-order valence-electron chi connectivity index (χ4n) is 1.11. The summed E-state index contributed by atoms with van der Waals surface area (Å²) in [5, 5.41) is 0.901. The molecule has 1 amide bonds. The molecule has 0 aromatic carbocycles. The lowest BCUT2D eigenvalue weighted by molar-refractivity contribution is -0.192. The van der Waals surface area contributed by atoms with Gasteiger partial charge in [-0.25, -0.2) is 4.79 Å². The first-order valence-corrected chi connectivity index (χ1v) is 5.52. The van der Waals surface area contributed by atoms with Crippen molar-refractivity contribution in [2.75, 3.05) is 7.05 Å². The molecule has 0 saturated heterocycles. The predicted molar refractivity (Wildman–Crippen MR) is 58.3 cm³/mol. The standard InChI is InChI=1S/C11H19NO4/c1-3-4-5-8-11(15)16-12(2)10(14)7-6-9-13/h9H,3-8H2,1-2H3. The second kappa shape index (κ2) is 8.88. The maximum atomic E-state index is 11.3. The number of hydroxylamine groups is 2. The van der Waals surface area contributed by atoms with Gasteiger partial charge in [-0.15, -0.1) is 0 Å². The molecule has 0 aliphatic rings. The zero-order chi connectivity index (χ0) is 12.4. The van der Waals surface area contributed by atoms with E-state index in [4.69, 9.17) is 4.84 Å². The molecule has 0 spiro atoms. The third kappa shape index (κ3) is 6.98. The summed E-state index contributed by atoms with van der Waals surface area (Å²) in [5.41, 5.74) is 0. The van der Waals surface area contributed by atoms with Crippen molar-refractivity contribution in [3.8, 4) is 0 Å². The van der Waals surface area contributed by atoms with Crippen LogP contribution >= 0.6 is 0 Å². The van der Waals surface area contributed by atoms with Crippen molar-refractivity contribution in [1.29, 1.82) is 0 Å². The van der Waals surface area contributed by atoms with Crippen molar-refractivity contribution in [3.63, 3.8) is 0 Å². The van der Waals surface area contributed by atoms with Crippen LogP contribution in [-0.2, 0) is 19.2 Å². The first kappa shape index (κ1) is 14.6. The number of unbranched alkanes of at least 4 members (excludes halogenated alkanes) is 2. The summed E-state index contributed by atoms with van der Waals surface area (Å²) in [6.07, 6.45) is 3.97. The van der Waals surface area contributed by atoms with Crippen LogP contribution in [0.1, 0.15) is 45.4 Å². The SMILES string of the molecule is CCCCCC(=O)ON(C)C(=O)CCC=O. The zero-order valence-electron chi connectivity index (χ0n) is 9.90. The van der Waals surface area contributed by atoms with Gasteiger partial charge in [0.15, 0.2) is 0 Å². The number of nitrogens with zero attached hydrogens (tertiary/aromatic N) is 1. The molecule has 0 radical (unpaired) electrons. The lowest BCUT2D eigenvalue weighted by Gasteiger charge is -2.15. The third-order valence-corrected chi connectivity index (χ3v) is 2.05. The Balaban J connectivity index is 3.75. The Bertz CT molecular complexity index is 240. The third-order valence-electron chi connectivity index (χ3n) is 2.05. The van der Waals surface area contributed by atoms with Gasteiger partial charge in [0.05, 0.1) is 0 Å². The van der Waals surface area contributed by atoms with Crippen LogP contribution in [0.15, 0.2) is 0 Å². The molecule has 0 aliphatic carbocycles. The normalized spacial score (nSPS) is 9.62. The summed E-state index contributed by atoms with van der Waals surface area (Å²) in [6.45, 7) is 2.04. The van der Waals surface area contributed by atoms with Gasteiger partial charge in [-0.05, 0) is 6.42 Å². The van der Waals surface area contributed by atoms with E-state index in [1.54, 1.807) is 0 Å². The van der Waals surface area contributed by atoms with Crippen LogP contribution in [0, 0.1) is 0 Å². The molecule has 5 heteroatoms. The Hall–Kier alpha value is -1.39. The Morgan fingerprint density at radius 1 is 1.25 bits per heavy atom. The van der Waals surface area contributed by atoms with Crippen molar-refractivity contribution < 1.29 is 19.2 Å². The Morgan fingerprint density at radius 2 is 1.94 bits per heavy atom. The lowest BCUT2D eigenvalue weighted by atomic mass is 10.2. The predicted octanol–water partition coefficient (Wildman–Crippen LogP) is 1.46. The number of carbonyl (C=O) groups is 3. The van der Waals surface area contributed by atoms with Crippen LogP contribution < -0.4 is 0 Å². The van der Waals surface area contributed by atoms with Crippen molar-refractivity contribution in [1.82, 2.24) is 5.06 Å². The molecule has 0 rings (SSSR count). The maximum Gasteiger partial charge on any atom is 0.332 e. The van der Waals surface area contributed by atoms with Crippen LogP contribution in [0.2, 0.25) is 0 Å². The van der Waals surface area contributed by atoms with Gasteiger partial charge in [-0.2, -0.15) is 5.06 Å². The maximum absolute atomic E-state index is 11.3. The van der Waals surface area contributed by atoms with E-state index in [1.165, 1.54) is 7.05 Å². The van der Waals surface area contributed by atoms with Crippen molar-refractivity contribution in [2.45, 2.75) is 45.4 Å². The van der Waals surface area contributed by atoms with Crippen LogP contribution in [-0.4, -0.2) is 30.3 Å². The molecule has 0 unspecified atom stereocenters. The fraction of sp³-hybridized carbons (Fsp3) is 0.727. The quantitative estimate of drug-likeness (QED) is 0.376. The van der Waals surface area contributed by atoms with Crippen molar-refractivity contribution in [3.05, 3.63) is 0 Å². The highest BCUT2D eigenvalue weighted by Gasteiger charge is 2.13. The summed E-state index contributed by atoms with van der Waals surface area (Å²) in [7, 11) is 1.38. The lowest BCUT2D eigenvalue weighted by Crippen LogP contribution is -2.29. The number of aldehydes is 1. The van der Waals surface area contributed by atoms with E-state index in [0.29, 0.717) is 12.7 Å². The average molecular weight is 229 g/mol. The molecule has 0 aromatic rings. The summed E-state index contributed by atoms with van der Waals surface area (Å²) in [4.78, 5) is 37.3. The molecule has 0 N–H and O–H groups in total. The summed E-state index contributed by atoms with van der Waals surface area (Å²) in [6, 6.07) is 0. The first-order valence-electron chi connectivity index (χ1n) is 5.52. The van der Waals surface area contributed by atoms with Gasteiger partial charge in [0, 0.05) is 26.3 Å². The van der Waals surface area contributed by atoms with Gasteiger partial charge in [-0.1, -0.05) is 19.8 Å². The molecule has 92 valence electrons. The van der Waals surface area contributed by atoms with Gasteiger partial charge in [0.2, 0.25) is 0 Å². The topological polar surface area (TPSA) is 63.7 Å². The second-order valence-corrected chi connectivity index (χ2v) is 3.52. The summed E-state index contributed by atoms with van der Waals surface area (Å²) in [5.74, 6) is -0.772. The first-order chi connectivity index (χ1) is 7.61. The second-order valence-electron chi connectivity index (χ2n) is 3.52. The Kier molecular flexibility index (Phi) is 8.11. The van der Waals surface area contributed by atoms with Crippen molar-refractivity contribution in [2.24, 2.45) is 0 Å². The van der Waals surface area contributed by atoms with Gasteiger partial charge >= 0.3 is 5.97 Å². The van der Waals surface area contributed by atoms with E-state index in [0.717, 1.165) is 24.3 Å². The zero-order valence-corrected chi connectivity index (χ0v) is 9.90. The monoisotopic (exact) mass is 229 g/mol. The van der Waals surface area contributed by atoms with Crippen LogP contribution in [0.4, 0.5) is 0 Å². The summed E-state index contributed by atoms with van der Waals surface area (Å²) >= 11 is 0. The molecular formula is C11H19NO4. The van der Waals surface area contributed by atoms with Gasteiger partial charge in [-0.3, -0.25) is 4.79 Å². The van der Waals surface area contributed by atoms with Gasteiger partial charge in [0.1, 0.15) is 6.29 Å². The highest BCUT2D eigenvalue weighted by atomic mass is 16.7. The van der Waals surface area contributed by atoms with E-state index in [-0.39, 0.29) is 18.7 Å². The van der Waals surface area contributed by atoms with E-state index in [2.05, 4.69) is 0 Å². The fourth-order valence-corrected chi connectivity index (χ4v) is 1.11. The number of carbonyl (C=O) groups excluding carboxylic acids is 3. The Morgan fingerprint density at radius 3 is 2.50 bits per heavy atom. The molecule has 5 nitrogen and oxygen atoms in total. The van der Waals surface area contributed by atoms with E-state index in [1.807, 2.05) is 6.92 Å². The van der Waals surface area contributed by atoms with E-state index < -0.39 is 5.97 Å². The highest BCUT2D eigenvalue weighted by molar-refractivity contribution is 5.79. The number of rotatable bonds is 7. The van der Waals surface area contributed by atoms with Crippen molar-refractivity contribution >= 4 is 18.2 Å². The molecule has 0 aromatic heterocycles. The minimum absolute atomic E-state index is 0.0717. The molecule has 0 saturated carbocycles. The largest absolute Gasteiger partial charge is 0.338 e. The Labute approximate surface area is 95.7 Å². The van der Waals surface area contributed by atoms with E-state index in [9.17, 15) is 14.4 Å². The smallest absolute Gasteiger partial charge is 0.332 e. The molecule has 0 aliphatic heterocycles. The van der Waals surface area contributed by atoms with Gasteiger partial charge < -0.3 is 9.63 Å². The van der Waals surface area contributed by atoms with E-state index >= 15 is 0 Å². The highest BCUT2D eigenvalue weighted by Crippen LogP contribution is 2.02. The minimum Gasteiger partial charge on any atom is -0.338 e. The molecule has 0 heterocycles. The summed E-state index contributed by atoms with van der Waals surface area (Å²) < 4.78 is 0. The molecule has 0 bridgehead atoms. The number of hydrogen-bond donors (Lipinski definition) is 0. The number of amides is 1. The molecule has 16 heavy (non-hydrogen) atoms. The van der Waals surface area contributed by atoms with Crippen LogP contribution in [0.5, 0.6) is 0 Å². The molecule has 0 fully saturated rings. The molecule has 0 atom stereocenters. The van der Waals surface area contributed by atoms with Gasteiger partial charge in [0.25, 0.3) is 5.91 Å². The van der Waals surface area contributed by atoms with Crippen LogP contribution in [0.25, 0.3) is 0 Å².